The summed E-state index contributed by atoms with van der Waals surface area (Å²) in [5, 5.41) is 18.1. The van der Waals surface area contributed by atoms with Crippen molar-refractivity contribution in [3.8, 4) is 0 Å². The molecule has 0 spiro atoms. The molecule has 0 bridgehead atoms. The van der Waals surface area contributed by atoms with Crippen LogP contribution in [0.25, 0.3) is 0 Å². The van der Waals surface area contributed by atoms with E-state index in [2.05, 4.69) is 16.0 Å². The van der Waals surface area contributed by atoms with E-state index < -0.39 is 5.97 Å². The average molecular weight is 377 g/mol. The SMILES string of the molecule is O=C(CCCCC1SCC2NC(=O)NC21)NCc1ccc(C(=O)O)cc1. The molecule has 2 heterocycles. The summed E-state index contributed by atoms with van der Waals surface area (Å²) in [6.07, 6.45) is 3.25. The van der Waals surface area contributed by atoms with Gasteiger partial charge < -0.3 is 21.1 Å². The largest absolute Gasteiger partial charge is 0.478 e. The summed E-state index contributed by atoms with van der Waals surface area (Å²) in [5.74, 6) is -0.00438. The second-order valence-corrected chi connectivity index (χ2v) is 7.92. The Bertz CT molecular complexity index is 680. The van der Waals surface area contributed by atoms with E-state index in [9.17, 15) is 14.4 Å². The Balaban J connectivity index is 1.31. The lowest BCUT2D eigenvalue weighted by atomic mass is 10.0. The second kappa shape index (κ2) is 8.44. The number of rotatable bonds is 8. The van der Waals surface area contributed by atoms with Crippen LogP contribution in [-0.4, -0.2) is 46.1 Å². The van der Waals surface area contributed by atoms with Crippen molar-refractivity contribution < 1.29 is 19.5 Å². The van der Waals surface area contributed by atoms with Crippen LogP contribution in [0.3, 0.4) is 0 Å². The minimum Gasteiger partial charge on any atom is -0.478 e. The number of amides is 3. The molecule has 26 heavy (non-hydrogen) atoms. The molecular weight excluding hydrogens is 354 g/mol. The highest BCUT2D eigenvalue weighted by Crippen LogP contribution is 2.33. The number of nitrogens with one attached hydrogen (secondary N) is 3. The Morgan fingerprint density at radius 2 is 1.96 bits per heavy atom. The molecule has 2 saturated heterocycles. The molecule has 7 nitrogen and oxygen atoms in total. The number of carboxylic acids is 1. The molecule has 8 heteroatoms. The number of hydrogen-bond donors (Lipinski definition) is 4. The number of benzene rings is 1. The maximum atomic E-state index is 11.9. The van der Waals surface area contributed by atoms with Gasteiger partial charge in [-0.15, -0.1) is 0 Å². The molecule has 4 N–H and O–H groups in total. The third-order valence-corrected chi connectivity index (χ3v) is 6.28. The number of urea groups is 1. The van der Waals surface area contributed by atoms with Crippen LogP contribution in [-0.2, 0) is 11.3 Å². The Kier molecular flexibility index (Phi) is 6.03. The van der Waals surface area contributed by atoms with Gasteiger partial charge in [-0.2, -0.15) is 11.8 Å². The third kappa shape index (κ3) is 4.69. The summed E-state index contributed by atoms with van der Waals surface area (Å²) >= 11 is 1.89. The molecule has 0 radical (unpaired) electrons. The number of thioether (sulfide) groups is 1. The second-order valence-electron chi connectivity index (χ2n) is 6.65. The zero-order valence-electron chi connectivity index (χ0n) is 14.4. The minimum atomic E-state index is -0.958. The van der Waals surface area contributed by atoms with Gasteiger partial charge in [0.25, 0.3) is 0 Å². The molecular formula is C18H23N3O4S. The highest BCUT2D eigenvalue weighted by atomic mass is 32.2. The number of unbranched alkanes of at least 4 members (excludes halogenated alkanes) is 1. The molecule has 3 atom stereocenters. The number of aromatic carboxylic acids is 1. The summed E-state index contributed by atoms with van der Waals surface area (Å²) in [6, 6.07) is 6.88. The molecule has 3 unspecified atom stereocenters. The maximum Gasteiger partial charge on any atom is 0.335 e. The van der Waals surface area contributed by atoms with Gasteiger partial charge in [-0.1, -0.05) is 18.6 Å². The van der Waals surface area contributed by atoms with Gasteiger partial charge in [0.15, 0.2) is 0 Å². The molecule has 0 aromatic heterocycles. The first-order valence-electron chi connectivity index (χ1n) is 8.80. The molecule has 3 rings (SSSR count). The van der Waals surface area contributed by atoms with Gasteiger partial charge in [0.05, 0.1) is 17.6 Å². The fourth-order valence-corrected chi connectivity index (χ4v) is 4.87. The van der Waals surface area contributed by atoms with Crippen molar-refractivity contribution in [1.29, 1.82) is 0 Å². The van der Waals surface area contributed by atoms with Crippen LogP contribution in [0.5, 0.6) is 0 Å². The minimum absolute atomic E-state index is 0.0000912. The van der Waals surface area contributed by atoms with Crippen molar-refractivity contribution in [3.05, 3.63) is 35.4 Å². The molecule has 0 saturated carbocycles. The van der Waals surface area contributed by atoms with Crippen molar-refractivity contribution in [2.75, 3.05) is 5.75 Å². The lowest BCUT2D eigenvalue weighted by Crippen LogP contribution is -2.36. The maximum absolute atomic E-state index is 11.9. The van der Waals surface area contributed by atoms with Crippen molar-refractivity contribution in [3.63, 3.8) is 0 Å². The highest BCUT2D eigenvalue weighted by molar-refractivity contribution is 8.00. The molecule has 2 aliphatic heterocycles. The van der Waals surface area contributed by atoms with Gasteiger partial charge >= 0.3 is 12.0 Å². The quantitative estimate of drug-likeness (QED) is 0.408. The molecule has 2 aliphatic rings. The van der Waals surface area contributed by atoms with E-state index in [0.29, 0.717) is 18.2 Å². The first-order valence-corrected chi connectivity index (χ1v) is 9.85. The zero-order valence-corrected chi connectivity index (χ0v) is 15.2. The average Bonchev–Trinajstić information content (AvgIpc) is 3.16. The van der Waals surface area contributed by atoms with Crippen LogP contribution in [0.4, 0.5) is 4.79 Å². The molecule has 140 valence electrons. The lowest BCUT2D eigenvalue weighted by Gasteiger charge is -2.16. The number of carbonyl (C=O) groups is 3. The van der Waals surface area contributed by atoms with E-state index in [-0.39, 0.29) is 29.6 Å². The summed E-state index contributed by atoms with van der Waals surface area (Å²) in [6.45, 7) is 0.401. The molecule has 1 aromatic carbocycles. The summed E-state index contributed by atoms with van der Waals surface area (Å²) in [4.78, 5) is 34.1. The summed E-state index contributed by atoms with van der Waals surface area (Å²) in [7, 11) is 0. The van der Waals surface area contributed by atoms with Crippen LogP contribution in [0.2, 0.25) is 0 Å². The van der Waals surface area contributed by atoms with E-state index in [1.165, 1.54) is 12.1 Å². The fraction of sp³-hybridized carbons (Fsp3) is 0.500. The van der Waals surface area contributed by atoms with E-state index in [1.807, 2.05) is 11.8 Å². The summed E-state index contributed by atoms with van der Waals surface area (Å²) in [5.41, 5.74) is 1.11. The monoisotopic (exact) mass is 377 g/mol. The predicted molar refractivity (Wildman–Crippen MR) is 99.2 cm³/mol. The Morgan fingerprint density at radius 3 is 2.69 bits per heavy atom. The van der Waals surface area contributed by atoms with E-state index in [1.54, 1.807) is 12.1 Å². The summed E-state index contributed by atoms with van der Waals surface area (Å²) < 4.78 is 0. The smallest absolute Gasteiger partial charge is 0.335 e. The fourth-order valence-electron chi connectivity index (χ4n) is 3.33. The van der Waals surface area contributed by atoms with E-state index in [0.717, 1.165) is 30.6 Å². The lowest BCUT2D eigenvalue weighted by molar-refractivity contribution is -0.121. The van der Waals surface area contributed by atoms with Gasteiger partial charge in [-0.05, 0) is 30.5 Å². The van der Waals surface area contributed by atoms with Gasteiger partial charge in [0, 0.05) is 24.0 Å². The zero-order chi connectivity index (χ0) is 18.5. The van der Waals surface area contributed by atoms with Crippen molar-refractivity contribution >= 4 is 29.7 Å². The highest BCUT2D eigenvalue weighted by Gasteiger charge is 2.42. The van der Waals surface area contributed by atoms with Gasteiger partial charge in [0.1, 0.15) is 0 Å². The van der Waals surface area contributed by atoms with Gasteiger partial charge in [-0.25, -0.2) is 9.59 Å². The van der Waals surface area contributed by atoms with Crippen LogP contribution in [0, 0.1) is 0 Å². The van der Waals surface area contributed by atoms with Crippen molar-refractivity contribution in [2.24, 2.45) is 0 Å². The number of fused-ring (bicyclic) bond motifs is 1. The van der Waals surface area contributed by atoms with E-state index >= 15 is 0 Å². The van der Waals surface area contributed by atoms with Gasteiger partial charge in [0.2, 0.25) is 5.91 Å². The molecule has 3 amide bonds. The van der Waals surface area contributed by atoms with Crippen LogP contribution in [0.1, 0.15) is 41.6 Å². The Labute approximate surface area is 156 Å². The molecule has 2 fully saturated rings. The Hall–Kier alpha value is -2.22. The van der Waals surface area contributed by atoms with Crippen molar-refractivity contribution in [1.82, 2.24) is 16.0 Å². The first kappa shape index (κ1) is 18.6. The van der Waals surface area contributed by atoms with Crippen LogP contribution < -0.4 is 16.0 Å². The number of carboxylic acid groups (broad SMARTS) is 1. The first-order chi connectivity index (χ1) is 12.5. The molecule has 0 aliphatic carbocycles. The standard InChI is InChI=1S/C18H23N3O4S/c22-15(19-9-11-5-7-12(8-6-11)17(23)24)4-2-1-3-14-16-13(10-26-14)20-18(25)21-16/h5-8,13-14,16H,1-4,9-10H2,(H,19,22)(H,23,24)(H2,20,21,25). The molecule has 1 aromatic rings. The van der Waals surface area contributed by atoms with Crippen molar-refractivity contribution in [2.45, 2.75) is 49.6 Å². The number of hydrogen-bond acceptors (Lipinski definition) is 4. The van der Waals surface area contributed by atoms with Gasteiger partial charge in [-0.3, -0.25) is 4.79 Å². The Morgan fingerprint density at radius 1 is 1.19 bits per heavy atom. The number of carbonyl (C=O) groups excluding carboxylic acids is 2. The van der Waals surface area contributed by atoms with Crippen LogP contribution >= 0.6 is 11.8 Å². The van der Waals surface area contributed by atoms with E-state index in [4.69, 9.17) is 5.11 Å². The predicted octanol–water partition coefficient (Wildman–Crippen LogP) is 1.73. The van der Waals surface area contributed by atoms with Crippen LogP contribution in [0.15, 0.2) is 24.3 Å². The normalized spacial score (nSPS) is 23.8. The third-order valence-electron chi connectivity index (χ3n) is 4.77. The topological polar surface area (TPSA) is 108 Å².